The lowest BCUT2D eigenvalue weighted by Gasteiger charge is -2.37. The number of nitrogens with one attached hydrogen (secondary N) is 1. The van der Waals surface area contributed by atoms with Crippen molar-refractivity contribution in [3.8, 4) is 0 Å². The van der Waals surface area contributed by atoms with Crippen molar-refractivity contribution in [3.05, 3.63) is 0 Å². The summed E-state index contributed by atoms with van der Waals surface area (Å²) in [6, 6.07) is 0. The molecule has 1 N–H and O–H groups in total. The minimum Gasteiger partial charge on any atom is -0.382 e. The minimum absolute atomic E-state index is 0. The highest BCUT2D eigenvalue weighted by Crippen LogP contribution is 2.27. The zero-order valence-corrected chi connectivity index (χ0v) is 17.0. The van der Waals surface area contributed by atoms with E-state index in [1.54, 1.807) is 7.11 Å². The molecule has 23 heavy (non-hydrogen) atoms. The van der Waals surface area contributed by atoms with Crippen molar-refractivity contribution in [1.29, 1.82) is 0 Å². The molecular weight excluding hydrogens is 409 g/mol. The molecule has 0 aromatic rings. The van der Waals surface area contributed by atoms with Gasteiger partial charge >= 0.3 is 0 Å². The summed E-state index contributed by atoms with van der Waals surface area (Å²) < 4.78 is 16.0. The molecule has 2 aliphatic heterocycles. The number of likely N-dealkylation sites (tertiary alicyclic amines) is 1. The van der Waals surface area contributed by atoms with Crippen molar-refractivity contribution >= 4 is 29.9 Å². The SMILES string of the molecule is CCNC(=NCC1(C)COC1)N1CCC(COCCOC)C1.I. The first-order valence-corrected chi connectivity index (χ1v) is 8.34. The summed E-state index contributed by atoms with van der Waals surface area (Å²) in [6.45, 7) is 12.0. The standard InChI is InChI=1S/C16H31N3O3.HI/c1-4-17-15(18-11-16(2)12-22-13-16)19-6-5-14(9-19)10-21-8-7-20-3;/h14H,4-13H2,1-3H3,(H,17,18);1H. The molecule has 0 bridgehead atoms. The van der Waals surface area contributed by atoms with E-state index in [1.165, 1.54) is 0 Å². The van der Waals surface area contributed by atoms with Gasteiger partial charge in [0.25, 0.3) is 0 Å². The summed E-state index contributed by atoms with van der Waals surface area (Å²) in [7, 11) is 1.70. The van der Waals surface area contributed by atoms with Gasteiger partial charge in [-0.25, -0.2) is 0 Å². The summed E-state index contributed by atoms with van der Waals surface area (Å²) in [5.41, 5.74) is 0.225. The summed E-state index contributed by atoms with van der Waals surface area (Å²) in [5.74, 6) is 1.62. The zero-order valence-electron chi connectivity index (χ0n) is 14.7. The molecule has 1 atom stereocenters. The Morgan fingerprint density at radius 3 is 2.78 bits per heavy atom. The van der Waals surface area contributed by atoms with E-state index in [0.29, 0.717) is 19.1 Å². The highest BCUT2D eigenvalue weighted by atomic mass is 127. The molecule has 2 aliphatic rings. The molecule has 2 heterocycles. The monoisotopic (exact) mass is 441 g/mol. The fourth-order valence-corrected chi connectivity index (χ4v) is 2.79. The lowest BCUT2D eigenvalue weighted by Crippen LogP contribution is -2.45. The molecule has 0 saturated carbocycles. The number of halogens is 1. The van der Waals surface area contributed by atoms with Crippen LogP contribution in [0.2, 0.25) is 0 Å². The summed E-state index contributed by atoms with van der Waals surface area (Å²) in [6.07, 6.45) is 1.16. The molecule has 7 heteroatoms. The maximum atomic E-state index is 5.66. The summed E-state index contributed by atoms with van der Waals surface area (Å²) in [5, 5.41) is 3.42. The first-order valence-electron chi connectivity index (χ1n) is 8.34. The smallest absolute Gasteiger partial charge is 0.193 e. The van der Waals surface area contributed by atoms with Crippen LogP contribution >= 0.6 is 24.0 Å². The van der Waals surface area contributed by atoms with Crippen molar-refractivity contribution in [2.45, 2.75) is 20.3 Å². The number of aliphatic imine (C=N–C) groups is 1. The van der Waals surface area contributed by atoms with Crippen molar-refractivity contribution in [1.82, 2.24) is 10.2 Å². The van der Waals surface area contributed by atoms with Crippen LogP contribution in [0.5, 0.6) is 0 Å². The van der Waals surface area contributed by atoms with Gasteiger partial charge in [0.05, 0.1) is 39.6 Å². The Hall–Kier alpha value is -0.120. The third-order valence-corrected chi connectivity index (χ3v) is 4.22. The fraction of sp³-hybridized carbons (Fsp3) is 0.938. The number of hydrogen-bond donors (Lipinski definition) is 1. The highest BCUT2D eigenvalue weighted by Gasteiger charge is 2.33. The van der Waals surface area contributed by atoms with Crippen LogP contribution in [0.25, 0.3) is 0 Å². The quantitative estimate of drug-likeness (QED) is 0.269. The molecule has 0 aromatic heterocycles. The second kappa shape index (κ2) is 10.7. The van der Waals surface area contributed by atoms with Gasteiger partial charge in [-0.2, -0.15) is 0 Å². The average molecular weight is 441 g/mol. The van der Waals surface area contributed by atoms with Crippen molar-refractivity contribution in [3.63, 3.8) is 0 Å². The molecule has 2 fully saturated rings. The van der Waals surface area contributed by atoms with Gasteiger partial charge in [0, 0.05) is 38.1 Å². The Balaban J connectivity index is 0.00000264. The Bertz CT molecular complexity index is 364. The van der Waals surface area contributed by atoms with E-state index < -0.39 is 0 Å². The maximum absolute atomic E-state index is 5.66. The van der Waals surface area contributed by atoms with Gasteiger partial charge in [-0.05, 0) is 13.3 Å². The van der Waals surface area contributed by atoms with E-state index in [4.69, 9.17) is 19.2 Å². The van der Waals surface area contributed by atoms with E-state index in [0.717, 1.165) is 58.4 Å². The molecule has 0 aromatic carbocycles. The van der Waals surface area contributed by atoms with E-state index in [-0.39, 0.29) is 29.4 Å². The Labute approximate surface area is 157 Å². The second-order valence-corrected chi connectivity index (χ2v) is 6.64. The minimum atomic E-state index is 0. The van der Waals surface area contributed by atoms with Gasteiger partial charge in [0.15, 0.2) is 5.96 Å². The van der Waals surface area contributed by atoms with E-state index in [2.05, 4.69) is 24.1 Å². The third-order valence-electron chi connectivity index (χ3n) is 4.22. The molecule has 0 spiro atoms. The molecule has 0 radical (unpaired) electrons. The van der Waals surface area contributed by atoms with Gasteiger partial charge in [0.2, 0.25) is 0 Å². The maximum Gasteiger partial charge on any atom is 0.193 e. The third kappa shape index (κ3) is 6.72. The van der Waals surface area contributed by atoms with E-state index in [1.807, 2.05) is 0 Å². The Morgan fingerprint density at radius 1 is 1.39 bits per heavy atom. The van der Waals surface area contributed by atoms with Crippen molar-refractivity contribution in [2.75, 3.05) is 66.3 Å². The molecule has 6 nitrogen and oxygen atoms in total. The van der Waals surface area contributed by atoms with E-state index in [9.17, 15) is 0 Å². The number of nitrogens with zero attached hydrogens (tertiary/aromatic N) is 2. The van der Waals surface area contributed by atoms with Crippen LogP contribution in [0.3, 0.4) is 0 Å². The predicted molar refractivity (Wildman–Crippen MR) is 103 cm³/mol. The second-order valence-electron chi connectivity index (χ2n) is 6.64. The Morgan fingerprint density at radius 2 is 2.17 bits per heavy atom. The van der Waals surface area contributed by atoms with Gasteiger partial charge in [0.1, 0.15) is 0 Å². The fourth-order valence-electron chi connectivity index (χ4n) is 2.79. The number of methoxy groups -OCH3 is 1. The number of guanidine groups is 1. The zero-order chi connectivity index (χ0) is 15.8. The molecule has 2 rings (SSSR count). The van der Waals surface area contributed by atoms with Crippen LogP contribution in [0.15, 0.2) is 4.99 Å². The molecule has 0 amide bonds. The Kier molecular flexibility index (Phi) is 9.72. The number of hydrogen-bond acceptors (Lipinski definition) is 4. The lowest BCUT2D eigenvalue weighted by atomic mass is 9.89. The van der Waals surface area contributed by atoms with Gasteiger partial charge in [-0.1, -0.05) is 6.92 Å². The van der Waals surface area contributed by atoms with Crippen LogP contribution in [0.1, 0.15) is 20.3 Å². The van der Waals surface area contributed by atoms with Crippen LogP contribution < -0.4 is 5.32 Å². The highest BCUT2D eigenvalue weighted by molar-refractivity contribution is 14.0. The van der Waals surface area contributed by atoms with Crippen LogP contribution in [-0.4, -0.2) is 77.2 Å². The van der Waals surface area contributed by atoms with Gasteiger partial charge in [-0.15, -0.1) is 24.0 Å². The molecule has 0 aliphatic carbocycles. The lowest BCUT2D eigenvalue weighted by molar-refractivity contribution is -0.0946. The predicted octanol–water partition coefficient (Wildman–Crippen LogP) is 1.59. The molecular formula is C16H32IN3O3. The topological polar surface area (TPSA) is 55.3 Å². The number of ether oxygens (including phenoxy) is 3. The largest absolute Gasteiger partial charge is 0.382 e. The van der Waals surface area contributed by atoms with Gasteiger partial charge < -0.3 is 24.4 Å². The van der Waals surface area contributed by atoms with Crippen LogP contribution in [0, 0.1) is 11.3 Å². The molecule has 1 unspecified atom stereocenters. The average Bonchev–Trinajstić information content (AvgIpc) is 2.95. The summed E-state index contributed by atoms with van der Waals surface area (Å²) >= 11 is 0. The van der Waals surface area contributed by atoms with Crippen molar-refractivity contribution in [2.24, 2.45) is 16.3 Å². The number of rotatable bonds is 8. The first-order chi connectivity index (χ1) is 10.7. The van der Waals surface area contributed by atoms with Crippen LogP contribution in [-0.2, 0) is 14.2 Å². The van der Waals surface area contributed by atoms with Crippen LogP contribution in [0.4, 0.5) is 0 Å². The normalized spacial score (nSPS) is 23.3. The summed E-state index contributed by atoms with van der Waals surface area (Å²) in [4.78, 5) is 7.18. The molecule has 136 valence electrons. The van der Waals surface area contributed by atoms with E-state index >= 15 is 0 Å². The molecule has 2 saturated heterocycles. The van der Waals surface area contributed by atoms with Gasteiger partial charge in [-0.3, -0.25) is 4.99 Å². The van der Waals surface area contributed by atoms with Crippen molar-refractivity contribution < 1.29 is 14.2 Å². The first kappa shape index (κ1) is 20.9.